The maximum atomic E-state index is 12.8. The van der Waals surface area contributed by atoms with Crippen molar-refractivity contribution < 1.29 is 8.42 Å². The minimum absolute atomic E-state index is 0.474. The van der Waals surface area contributed by atoms with E-state index in [1.54, 1.807) is 10.4 Å². The summed E-state index contributed by atoms with van der Waals surface area (Å²) in [5.41, 5.74) is 0. The topological polar surface area (TPSA) is 49.4 Å². The zero-order valence-electron chi connectivity index (χ0n) is 12.5. The van der Waals surface area contributed by atoms with Crippen LogP contribution >= 0.6 is 11.3 Å². The zero-order chi connectivity index (χ0) is 14.9. The van der Waals surface area contributed by atoms with Gasteiger partial charge in [-0.2, -0.15) is 4.31 Å². The van der Waals surface area contributed by atoms with Crippen molar-refractivity contribution in [3.8, 4) is 0 Å². The molecule has 1 aromatic rings. The number of thiophene rings is 1. The van der Waals surface area contributed by atoms with Crippen LogP contribution in [-0.2, 0) is 16.4 Å². The highest BCUT2D eigenvalue weighted by Gasteiger charge is 2.35. The average Bonchev–Trinajstić information content (AvgIpc) is 3.19. The van der Waals surface area contributed by atoms with E-state index < -0.39 is 10.0 Å². The molecule has 2 fully saturated rings. The Morgan fingerprint density at radius 3 is 2.86 bits per heavy atom. The van der Waals surface area contributed by atoms with Gasteiger partial charge in [0.2, 0.25) is 0 Å². The third-order valence-electron chi connectivity index (χ3n) is 4.67. The molecule has 3 rings (SSSR count). The maximum absolute atomic E-state index is 12.8. The Morgan fingerprint density at radius 2 is 2.19 bits per heavy atom. The van der Waals surface area contributed by atoms with Gasteiger partial charge in [0, 0.05) is 24.0 Å². The summed E-state index contributed by atoms with van der Waals surface area (Å²) < 4.78 is 27.8. The molecule has 0 saturated carbocycles. The number of sulfonamides is 1. The number of piperidine rings is 1. The quantitative estimate of drug-likeness (QED) is 0.924. The molecule has 0 radical (unpaired) electrons. The molecule has 2 aliphatic rings. The van der Waals surface area contributed by atoms with E-state index in [1.807, 2.05) is 6.07 Å². The van der Waals surface area contributed by atoms with Crippen LogP contribution in [0.1, 0.15) is 37.5 Å². The van der Waals surface area contributed by atoms with Crippen LogP contribution in [0.2, 0.25) is 0 Å². The molecule has 0 amide bonds. The number of rotatable bonds is 4. The molecule has 2 unspecified atom stereocenters. The number of nitrogens with one attached hydrogen (secondary N) is 1. The fourth-order valence-electron chi connectivity index (χ4n) is 3.45. The highest BCUT2D eigenvalue weighted by Crippen LogP contribution is 2.31. The molecule has 3 heterocycles. The van der Waals surface area contributed by atoms with Gasteiger partial charge in [0.1, 0.15) is 4.21 Å². The summed E-state index contributed by atoms with van der Waals surface area (Å²) in [5.74, 6) is 0.474. The van der Waals surface area contributed by atoms with Crippen LogP contribution in [0.5, 0.6) is 0 Å². The van der Waals surface area contributed by atoms with Crippen LogP contribution in [0, 0.1) is 5.92 Å². The molecule has 1 aromatic heterocycles. The summed E-state index contributed by atoms with van der Waals surface area (Å²) >= 11 is 1.42. The first-order valence-electron chi connectivity index (χ1n) is 7.93. The van der Waals surface area contributed by atoms with Crippen LogP contribution in [0.3, 0.4) is 0 Å². The Kier molecular flexibility index (Phi) is 4.69. The second-order valence-electron chi connectivity index (χ2n) is 6.04. The Hall–Kier alpha value is -0.430. The van der Waals surface area contributed by atoms with Crippen molar-refractivity contribution in [1.82, 2.24) is 9.62 Å². The molecule has 0 bridgehead atoms. The van der Waals surface area contributed by atoms with Crippen molar-refractivity contribution >= 4 is 21.4 Å². The number of nitrogens with zero attached hydrogens (tertiary/aromatic N) is 1. The van der Waals surface area contributed by atoms with E-state index in [4.69, 9.17) is 0 Å². The van der Waals surface area contributed by atoms with Crippen molar-refractivity contribution in [2.75, 3.05) is 19.6 Å². The lowest BCUT2D eigenvalue weighted by atomic mass is 9.91. The van der Waals surface area contributed by atoms with E-state index in [0.717, 1.165) is 30.7 Å². The van der Waals surface area contributed by atoms with Gasteiger partial charge in [0.15, 0.2) is 0 Å². The molecule has 0 aliphatic carbocycles. The lowest BCUT2D eigenvalue weighted by Gasteiger charge is -2.34. The van der Waals surface area contributed by atoms with Gasteiger partial charge in [-0.25, -0.2) is 8.42 Å². The van der Waals surface area contributed by atoms with Gasteiger partial charge in [-0.05, 0) is 56.7 Å². The SMILES string of the molecule is CCc1ccc(S(=O)(=O)N2CCCC(C3CCCN3)C2)s1. The Balaban J connectivity index is 1.75. The number of hydrogen-bond acceptors (Lipinski definition) is 4. The second-order valence-corrected chi connectivity index (χ2v) is 9.38. The first kappa shape index (κ1) is 15.5. The molecule has 118 valence electrons. The van der Waals surface area contributed by atoms with Gasteiger partial charge in [0.05, 0.1) is 0 Å². The lowest BCUT2D eigenvalue weighted by Crippen LogP contribution is -2.45. The first-order chi connectivity index (χ1) is 10.1. The average molecular weight is 329 g/mol. The van der Waals surface area contributed by atoms with E-state index in [0.29, 0.717) is 29.3 Å². The summed E-state index contributed by atoms with van der Waals surface area (Å²) in [5, 5.41) is 3.53. The van der Waals surface area contributed by atoms with E-state index in [-0.39, 0.29) is 0 Å². The van der Waals surface area contributed by atoms with E-state index in [2.05, 4.69) is 12.2 Å². The highest BCUT2D eigenvalue weighted by molar-refractivity contribution is 7.91. The van der Waals surface area contributed by atoms with Gasteiger partial charge in [0.25, 0.3) is 10.0 Å². The van der Waals surface area contributed by atoms with Gasteiger partial charge < -0.3 is 5.32 Å². The minimum Gasteiger partial charge on any atom is -0.314 e. The van der Waals surface area contributed by atoms with Crippen molar-refractivity contribution in [3.63, 3.8) is 0 Å². The minimum atomic E-state index is -3.29. The van der Waals surface area contributed by atoms with Crippen LogP contribution in [-0.4, -0.2) is 38.4 Å². The fraction of sp³-hybridized carbons (Fsp3) is 0.733. The van der Waals surface area contributed by atoms with E-state index in [1.165, 1.54) is 24.2 Å². The molecule has 21 heavy (non-hydrogen) atoms. The third-order valence-corrected chi connectivity index (χ3v) is 8.23. The van der Waals surface area contributed by atoms with Crippen molar-refractivity contribution in [3.05, 3.63) is 17.0 Å². The summed E-state index contributed by atoms with van der Waals surface area (Å²) in [4.78, 5) is 1.14. The van der Waals surface area contributed by atoms with Crippen molar-refractivity contribution in [2.24, 2.45) is 5.92 Å². The van der Waals surface area contributed by atoms with Gasteiger partial charge >= 0.3 is 0 Å². The van der Waals surface area contributed by atoms with E-state index >= 15 is 0 Å². The van der Waals surface area contributed by atoms with Crippen LogP contribution in [0.15, 0.2) is 16.3 Å². The lowest BCUT2D eigenvalue weighted by molar-refractivity contribution is 0.227. The molecule has 2 aliphatic heterocycles. The van der Waals surface area contributed by atoms with E-state index in [9.17, 15) is 8.42 Å². The molecule has 1 N–H and O–H groups in total. The third kappa shape index (κ3) is 3.18. The number of hydrogen-bond donors (Lipinski definition) is 1. The molecular weight excluding hydrogens is 304 g/mol. The summed E-state index contributed by atoms with van der Waals surface area (Å²) in [7, 11) is -3.29. The van der Waals surface area contributed by atoms with Crippen LogP contribution < -0.4 is 5.32 Å². The van der Waals surface area contributed by atoms with Crippen LogP contribution in [0.4, 0.5) is 0 Å². The highest BCUT2D eigenvalue weighted by atomic mass is 32.2. The molecular formula is C15H24N2O2S2. The van der Waals surface area contributed by atoms with Crippen LogP contribution in [0.25, 0.3) is 0 Å². The zero-order valence-corrected chi connectivity index (χ0v) is 14.2. The summed E-state index contributed by atoms with van der Waals surface area (Å²) in [6, 6.07) is 4.23. The molecule has 6 heteroatoms. The molecule has 2 saturated heterocycles. The van der Waals surface area contributed by atoms with Crippen molar-refractivity contribution in [1.29, 1.82) is 0 Å². The summed E-state index contributed by atoms with van der Waals surface area (Å²) in [6.45, 7) is 4.49. The van der Waals surface area contributed by atoms with Gasteiger partial charge in [-0.1, -0.05) is 6.92 Å². The van der Waals surface area contributed by atoms with Gasteiger partial charge in [-0.3, -0.25) is 0 Å². The standard InChI is InChI=1S/C15H24N2O2S2/c1-2-13-7-8-15(20-13)21(18,19)17-10-4-5-12(11-17)14-6-3-9-16-14/h7-8,12,14,16H,2-6,9-11H2,1H3. The molecule has 2 atom stereocenters. The Labute approximate surface area is 131 Å². The smallest absolute Gasteiger partial charge is 0.252 e. The van der Waals surface area contributed by atoms with Crippen molar-refractivity contribution in [2.45, 2.75) is 49.3 Å². The molecule has 0 spiro atoms. The largest absolute Gasteiger partial charge is 0.314 e. The predicted molar refractivity (Wildman–Crippen MR) is 86.2 cm³/mol. The fourth-order valence-corrected chi connectivity index (χ4v) is 6.43. The van der Waals surface area contributed by atoms with Gasteiger partial charge in [-0.15, -0.1) is 11.3 Å². The second kappa shape index (κ2) is 6.36. The summed E-state index contributed by atoms with van der Waals surface area (Å²) in [6.07, 6.45) is 5.44. The predicted octanol–water partition coefficient (Wildman–Crippen LogP) is 2.46. The monoisotopic (exact) mass is 328 g/mol. The Bertz CT molecular complexity index is 576. The Morgan fingerprint density at radius 1 is 1.33 bits per heavy atom. The normalized spacial score (nSPS) is 28.0. The molecule has 0 aromatic carbocycles. The number of aryl methyl sites for hydroxylation is 1. The molecule has 4 nitrogen and oxygen atoms in total. The maximum Gasteiger partial charge on any atom is 0.252 e. The first-order valence-corrected chi connectivity index (χ1v) is 10.2.